The van der Waals surface area contributed by atoms with Crippen LogP contribution in [0.25, 0.3) is 0 Å². The van der Waals surface area contributed by atoms with Gasteiger partial charge in [0, 0.05) is 12.2 Å². The predicted octanol–water partition coefficient (Wildman–Crippen LogP) is 3.15. The van der Waals surface area contributed by atoms with Gasteiger partial charge in [-0.1, -0.05) is 27.7 Å². The van der Waals surface area contributed by atoms with Crippen molar-refractivity contribution >= 4 is 0 Å². The highest BCUT2D eigenvalue weighted by Crippen LogP contribution is 2.24. The average Bonchev–Trinajstić information content (AvgIpc) is 2.54. The first-order valence-electron chi connectivity index (χ1n) is 5.74. The van der Waals surface area contributed by atoms with Gasteiger partial charge in [0.25, 0.3) is 0 Å². The van der Waals surface area contributed by atoms with Crippen LogP contribution in [0.15, 0.2) is 0 Å². The average molecular weight is 194 g/mol. The predicted molar refractivity (Wildman–Crippen MR) is 60.7 cm³/mol. The first-order chi connectivity index (χ1) is 6.65. The van der Waals surface area contributed by atoms with Gasteiger partial charge in [0.05, 0.1) is 5.69 Å². The first kappa shape index (κ1) is 11.3. The maximum Gasteiger partial charge on any atom is 0.0659 e. The lowest BCUT2D eigenvalue weighted by atomic mass is 9.98. The molecule has 0 fully saturated rings. The fourth-order valence-corrected chi connectivity index (χ4v) is 2.13. The monoisotopic (exact) mass is 194 g/mol. The zero-order valence-corrected chi connectivity index (χ0v) is 10.1. The maximum absolute atomic E-state index is 4.66. The fourth-order valence-electron chi connectivity index (χ4n) is 2.13. The van der Waals surface area contributed by atoms with E-state index >= 15 is 0 Å². The lowest BCUT2D eigenvalue weighted by molar-refractivity contribution is 0.616. The third-order valence-corrected chi connectivity index (χ3v) is 2.72. The number of rotatable bonds is 4. The van der Waals surface area contributed by atoms with Crippen LogP contribution < -0.4 is 0 Å². The molecule has 1 aromatic rings. The summed E-state index contributed by atoms with van der Waals surface area (Å²) in [6.07, 6.45) is 2.14. The molecule has 14 heavy (non-hydrogen) atoms. The van der Waals surface area contributed by atoms with Crippen molar-refractivity contribution in [3.63, 3.8) is 0 Å². The Bertz CT molecular complexity index is 298. The van der Waals surface area contributed by atoms with Crippen molar-refractivity contribution in [2.45, 2.75) is 59.9 Å². The van der Waals surface area contributed by atoms with E-state index in [1.54, 1.807) is 0 Å². The first-order valence-corrected chi connectivity index (χ1v) is 5.74. The van der Waals surface area contributed by atoms with Crippen LogP contribution in [0.1, 0.15) is 57.5 Å². The zero-order valence-electron chi connectivity index (χ0n) is 10.1. The van der Waals surface area contributed by atoms with Gasteiger partial charge in [0.2, 0.25) is 0 Å². The van der Waals surface area contributed by atoms with E-state index in [4.69, 9.17) is 0 Å². The summed E-state index contributed by atoms with van der Waals surface area (Å²) in [5.74, 6) is 0.597. The molecule has 0 aromatic carbocycles. The Morgan fingerprint density at radius 1 is 1.14 bits per heavy atom. The van der Waals surface area contributed by atoms with Crippen molar-refractivity contribution in [3.8, 4) is 0 Å². The lowest BCUT2D eigenvalue weighted by Crippen LogP contribution is -2.03. The van der Waals surface area contributed by atoms with Crippen molar-refractivity contribution in [2.24, 2.45) is 0 Å². The molecule has 0 atom stereocenters. The van der Waals surface area contributed by atoms with Crippen LogP contribution in [0.5, 0.6) is 0 Å². The topological polar surface area (TPSA) is 17.8 Å². The molecule has 2 heteroatoms. The van der Waals surface area contributed by atoms with Gasteiger partial charge in [-0.3, -0.25) is 4.68 Å². The van der Waals surface area contributed by atoms with Gasteiger partial charge in [-0.25, -0.2) is 0 Å². The molecule has 1 aromatic heterocycles. The molecule has 0 radical (unpaired) electrons. The van der Waals surface area contributed by atoms with Crippen molar-refractivity contribution in [2.75, 3.05) is 0 Å². The van der Waals surface area contributed by atoms with E-state index in [0.717, 1.165) is 19.4 Å². The van der Waals surface area contributed by atoms with Crippen molar-refractivity contribution in [1.29, 1.82) is 0 Å². The van der Waals surface area contributed by atoms with E-state index in [-0.39, 0.29) is 0 Å². The molecule has 0 spiro atoms. The highest BCUT2D eigenvalue weighted by Gasteiger charge is 2.16. The minimum absolute atomic E-state index is 0.597. The quantitative estimate of drug-likeness (QED) is 0.720. The minimum atomic E-state index is 0.597. The summed E-state index contributed by atoms with van der Waals surface area (Å²) in [5, 5.41) is 4.66. The Morgan fingerprint density at radius 2 is 1.79 bits per heavy atom. The summed E-state index contributed by atoms with van der Waals surface area (Å²) >= 11 is 0. The third-order valence-electron chi connectivity index (χ3n) is 2.72. The molecule has 80 valence electrons. The van der Waals surface area contributed by atoms with E-state index in [1.165, 1.54) is 17.0 Å². The van der Waals surface area contributed by atoms with Crippen LogP contribution >= 0.6 is 0 Å². The zero-order chi connectivity index (χ0) is 10.7. The second-order valence-electron chi connectivity index (χ2n) is 3.98. The van der Waals surface area contributed by atoms with Crippen LogP contribution in [0.2, 0.25) is 0 Å². The molecule has 0 amide bonds. The van der Waals surface area contributed by atoms with Gasteiger partial charge in [-0.05, 0) is 31.2 Å². The van der Waals surface area contributed by atoms with Crippen LogP contribution in [0.3, 0.4) is 0 Å². The molecule has 1 heterocycles. The van der Waals surface area contributed by atoms with Gasteiger partial charge < -0.3 is 0 Å². The molecular weight excluding hydrogens is 172 g/mol. The van der Waals surface area contributed by atoms with Gasteiger partial charge in [-0.2, -0.15) is 5.10 Å². The Balaban J connectivity index is 3.26. The molecule has 0 aliphatic rings. The van der Waals surface area contributed by atoms with E-state index in [0.29, 0.717) is 5.92 Å². The van der Waals surface area contributed by atoms with E-state index in [1.807, 2.05) is 0 Å². The summed E-state index contributed by atoms with van der Waals surface area (Å²) < 4.78 is 2.16. The number of hydrogen-bond donors (Lipinski definition) is 0. The standard InChI is InChI=1S/C12H22N2/c1-6-10-12(9(4)5)11(7-2)14(8-3)13-10/h9H,6-8H2,1-5H3. The lowest BCUT2D eigenvalue weighted by Gasteiger charge is -2.08. The van der Waals surface area contributed by atoms with Gasteiger partial charge >= 0.3 is 0 Å². The van der Waals surface area contributed by atoms with Crippen LogP contribution in [0, 0.1) is 0 Å². The van der Waals surface area contributed by atoms with Crippen molar-refractivity contribution in [1.82, 2.24) is 9.78 Å². The SMILES string of the molecule is CCc1nn(CC)c(CC)c1C(C)C. The molecular formula is C12H22N2. The Morgan fingerprint density at radius 3 is 2.14 bits per heavy atom. The highest BCUT2D eigenvalue weighted by atomic mass is 15.3. The molecule has 2 nitrogen and oxygen atoms in total. The molecule has 0 aliphatic carbocycles. The summed E-state index contributed by atoms with van der Waals surface area (Å²) in [7, 11) is 0. The van der Waals surface area contributed by atoms with E-state index in [9.17, 15) is 0 Å². The summed E-state index contributed by atoms with van der Waals surface area (Å²) in [5.41, 5.74) is 4.20. The van der Waals surface area contributed by atoms with Gasteiger partial charge in [0.1, 0.15) is 0 Å². The maximum atomic E-state index is 4.66. The largest absolute Gasteiger partial charge is 0.269 e. The summed E-state index contributed by atoms with van der Waals surface area (Å²) in [4.78, 5) is 0. The number of hydrogen-bond acceptors (Lipinski definition) is 1. The third kappa shape index (κ3) is 1.84. The Kier molecular flexibility index (Phi) is 3.73. The second-order valence-corrected chi connectivity index (χ2v) is 3.98. The molecule has 1 rings (SSSR count). The normalized spacial score (nSPS) is 11.3. The van der Waals surface area contributed by atoms with Crippen molar-refractivity contribution < 1.29 is 0 Å². The number of aryl methyl sites for hydroxylation is 2. The number of aromatic nitrogens is 2. The van der Waals surface area contributed by atoms with Crippen LogP contribution in [0.4, 0.5) is 0 Å². The molecule has 0 aliphatic heterocycles. The van der Waals surface area contributed by atoms with Crippen molar-refractivity contribution in [3.05, 3.63) is 17.0 Å². The fraction of sp³-hybridized carbons (Fsp3) is 0.750. The van der Waals surface area contributed by atoms with Gasteiger partial charge in [0.15, 0.2) is 0 Å². The molecule has 0 saturated heterocycles. The second kappa shape index (κ2) is 4.63. The number of nitrogens with zero attached hydrogens (tertiary/aromatic N) is 2. The van der Waals surface area contributed by atoms with E-state index < -0.39 is 0 Å². The molecule has 0 saturated carbocycles. The smallest absolute Gasteiger partial charge is 0.0659 e. The summed E-state index contributed by atoms with van der Waals surface area (Å²) in [6, 6.07) is 0. The van der Waals surface area contributed by atoms with E-state index in [2.05, 4.69) is 44.4 Å². The van der Waals surface area contributed by atoms with Crippen LogP contribution in [-0.4, -0.2) is 9.78 Å². The molecule has 0 bridgehead atoms. The highest BCUT2D eigenvalue weighted by molar-refractivity contribution is 5.29. The summed E-state index contributed by atoms with van der Waals surface area (Å²) in [6.45, 7) is 12.1. The van der Waals surface area contributed by atoms with Crippen LogP contribution in [-0.2, 0) is 19.4 Å². The van der Waals surface area contributed by atoms with Gasteiger partial charge in [-0.15, -0.1) is 0 Å². The molecule has 0 unspecified atom stereocenters. The minimum Gasteiger partial charge on any atom is -0.269 e. The molecule has 0 N–H and O–H groups in total. The Labute approximate surface area is 87.3 Å². The Hall–Kier alpha value is -0.790.